The first kappa shape index (κ1) is 27.8. The first-order valence-electron chi connectivity index (χ1n) is 16.9. The Morgan fingerprint density at radius 3 is 1.90 bits per heavy atom. The van der Waals surface area contributed by atoms with Crippen LogP contribution in [0, 0.1) is 0 Å². The molecule has 0 fully saturated rings. The van der Waals surface area contributed by atoms with Gasteiger partial charge in [0.25, 0.3) is 0 Å². The molecule has 8 aromatic rings. The number of rotatable bonds is 5. The Kier molecular flexibility index (Phi) is 6.31. The lowest BCUT2D eigenvalue weighted by Gasteiger charge is -2.27. The van der Waals surface area contributed by atoms with Crippen molar-refractivity contribution in [3.63, 3.8) is 0 Å². The number of ether oxygens (including phenoxy) is 1. The highest BCUT2D eigenvalue weighted by molar-refractivity contribution is 6.09. The second-order valence-corrected chi connectivity index (χ2v) is 12.9. The Bertz CT molecular complexity index is 2540. The molecule has 2 atom stereocenters. The van der Waals surface area contributed by atoms with Gasteiger partial charge in [-0.15, -0.1) is 0 Å². The zero-order valence-electron chi connectivity index (χ0n) is 26.8. The smallest absolute Gasteiger partial charge is 0.148 e. The van der Waals surface area contributed by atoms with E-state index in [-0.39, 0.29) is 12.0 Å². The van der Waals surface area contributed by atoms with Gasteiger partial charge in [-0.3, -0.25) is 0 Å². The maximum absolute atomic E-state index is 6.70. The second kappa shape index (κ2) is 11.1. The van der Waals surface area contributed by atoms with Crippen molar-refractivity contribution in [2.75, 3.05) is 4.90 Å². The summed E-state index contributed by atoms with van der Waals surface area (Å²) in [5.74, 6) is 1.16. The fourth-order valence-corrected chi connectivity index (χ4v) is 7.78. The molecule has 2 aliphatic rings. The van der Waals surface area contributed by atoms with Gasteiger partial charge in [0.05, 0.1) is 16.7 Å². The maximum atomic E-state index is 6.70. The number of anilines is 3. The molecule has 10 rings (SSSR count). The number of benzene rings is 7. The van der Waals surface area contributed by atoms with Crippen LogP contribution in [0.5, 0.6) is 5.75 Å². The van der Waals surface area contributed by atoms with E-state index in [4.69, 9.17) is 4.74 Å². The summed E-state index contributed by atoms with van der Waals surface area (Å²) < 4.78 is 9.06. The first-order valence-corrected chi connectivity index (χ1v) is 16.9. The van der Waals surface area contributed by atoms with Gasteiger partial charge < -0.3 is 14.2 Å². The van der Waals surface area contributed by atoms with E-state index >= 15 is 0 Å². The lowest BCUT2D eigenvalue weighted by atomic mass is 9.92. The molecule has 0 saturated heterocycles. The summed E-state index contributed by atoms with van der Waals surface area (Å²) in [6.45, 7) is 0. The molecule has 1 aliphatic heterocycles. The van der Waals surface area contributed by atoms with Crippen LogP contribution in [-0.2, 0) is 0 Å². The van der Waals surface area contributed by atoms with E-state index in [1.807, 2.05) is 0 Å². The number of hydrogen-bond donors (Lipinski definition) is 0. The van der Waals surface area contributed by atoms with Gasteiger partial charge in [-0.05, 0) is 88.6 Å². The first-order chi connectivity index (χ1) is 24.3. The minimum atomic E-state index is 0.0101. The predicted octanol–water partition coefficient (Wildman–Crippen LogP) is 12.0. The van der Waals surface area contributed by atoms with Crippen molar-refractivity contribution in [2.24, 2.45) is 0 Å². The number of aromatic nitrogens is 1. The summed E-state index contributed by atoms with van der Waals surface area (Å²) in [7, 11) is 0. The molecule has 0 radical (unpaired) electrons. The lowest BCUT2D eigenvalue weighted by molar-refractivity contribution is 0.269. The van der Waals surface area contributed by atoms with Gasteiger partial charge in [0.15, 0.2) is 0 Å². The van der Waals surface area contributed by atoms with Crippen molar-refractivity contribution in [1.29, 1.82) is 0 Å². The van der Waals surface area contributed by atoms with E-state index in [9.17, 15) is 0 Å². The Balaban J connectivity index is 1.10. The van der Waals surface area contributed by atoms with Gasteiger partial charge in [0.2, 0.25) is 0 Å². The van der Waals surface area contributed by atoms with Gasteiger partial charge in [-0.2, -0.15) is 0 Å². The van der Waals surface area contributed by atoms with Crippen LogP contribution in [0.15, 0.2) is 182 Å². The van der Waals surface area contributed by atoms with Crippen molar-refractivity contribution >= 4 is 49.6 Å². The average molecular weight is 629 g/mol. The molecule has 7 aromatic carbocycles. The summed E-state index contributed by atoms with van der Waals surface area (Å²) in [6.07, 6.45) is 8.64. The number of para-hydroxylation sites is 3. The molecule has 1 aromatic heterocycles. The van der Waals surface area contributed by atoms with Crippen molar-refractivity contribution in [1.82, 2.24) is 4.57 Å². The molecule has 2 heterocycles. The minimum Gasteiger partial charge on any atom is -0.483 e. The van der Waals surface area contributed by atoms with E-state index in [2.05, 4.69) is 191 Å². The fraction of sp³-hybridized carbons (Fsp3) is 0.0435. The van der Waals surface area contributed by atoms with Crippen molar-refractivity contribution in [3.05, 3.63) is 188 Å². The van der Waals surface area contributed by atoms with Gasteiger partial charge >= 0.3 is 0 Å². The van der Waals surface area contributed by atoms with Crippen LogP contribution in [0.1, 0.15) is 11.5 Å². The van der Waals surface area contributed by atoms with Crippen LogP contribution in [0.3, 0.4) is 0 Å². The zero-order chi connectivity index (χ0) is 32.3. The Hall–Kier alpha value is -6.32. The van der Waals surface area contributed by atoms with E-state index in [0.717, 1.165) is 28.5 Å². The molecule has 3 nitrogen and oxygen atoms in total. The molecule has 1 aliphatic carbocycles. The maximum Gasteiger partial charge on any atom is 0.148 e. The highest BCUT2D eigenvalue weighted by Crippen LogP contribution is 2.50. The van der Waals surface area contributed by atoms with Crippen LogP contribution in [0.4, 0.5) is 17.1 Å². The van der Waals surface area contributed by atoms with E-state index < -0.39 is 0 Å². The van der Waals surface area contributed by atoms with Gasteiger partial charge in [0, 0.05) is 39.3 Å². The molecule has 0 bridgehead atoms. The average Bonchev–Trinajstić information content (AvgIpc) is 3.72. The highest BCUT2D eigenvalue weighted by Gasteiger charge is 2.35. The molecule has 2 unspecified atom stereocenters. The number of fused-ring (bicyclic) bond motifs is 7. The fourth-order valence-electron chi connectivity index (χ4n) is 7.78. The summed E-state index contributed by atoms with van der Waals surface area (Å²) in [6, 6.07) is 56.9. The highest BCUT2D eigenvalue weighted by atomic mass is 16.5. The third-order valence-electron chi connectivity index (χ3n) is 10.1. The predicted molar refractivity (Wildman–Crippen MR) is 204 cm³/mol. The summed E-state index contributed by atoms with van der Waals surface area (Å²) in [4.78, 5) is 2.34. The van der Waals surface area contributed by atoms with Gasteiger partial charge in [0.1, 0.15) is 11.9 Å². The molecule has 0 saturated carbocycles. The molecule has 0 amide bonds. The zero-order valence-corrected chi connectivity index (χ0v) is 26.8. The van der Waals surface area contributed by atoms with Crippen LogP contribution >= 0.6 is 0 Å². The van der Waals surface area contributed by atoms with Gasteiger partial charge in [-0.25, -0.2) is 0 Å². The van der Waals surface area contributed by atoms with Gasteiger partial charge in [-0.1, -0.05) is 115 Å². The van der Waals surface area contributed by atoms with Crippen LogP contribution in [0.25, 0.3) is 49.4 Å². The lowest BCUT2D eigenvalue weighted by Crippen LogP contribution is -2.16. The molecule has 3 heteroatoms. The van der Waals surface area contributed by atoms with Crippen LogP contribution in [0.2, 0.25) is 0 Å². The summed E-state index contributed by atoms with van der Waals surface area (Å²) in [5.41, 5.74) is 10.3. The molecular weight excluding hydrogens is 597 g/mol. The van der Waals surface area contributed by atoms with Crippen molar-refractivity contribution < 1.29 is 4.74 Å². The molecule has 0 N–H and O–H groups in total. The van der Waals surface area contributed by atoms with E-state index in [0.29, 0.717) is 0 Å². The standard InChI is InChI=1S/C46H32N2O/c1-2-11-33-30-34(21-20-31(33)10-1)32-22-24-35(25-23-32)47(44-18-9-15-41-40-14-5-8-19-45(40)49-46(41)44)36-26-28-37(29-27-36)48-42-16-6-3-12-38(42)39-13-4-7-17-43(39)48/h1-30,40,45H. The summed E-state index contributed by atoms with van der Waals surface area (Å²) in [5, 5.41) is 5.02. The quantitative estimate of drug-likeness (QED) is 0.189. The molecule has 232 valence electrons. The topological polar surface area (TPSA) is 17.4 Å². The van der Waals surface area contributed by atoms with Crippen molar-refractivity contribution in [3.8, 4) is 22.6 Å². The number of allylic oxidation sites excluding steroid dienone is 2. The summed E-state index contributed by atoms with van der Waals surface area (Å²) >= 11 is 0. The van der Waals surface area contributed by atoms with E-state index in [1.165, 1.54) is 49.3 Å². The number of nitrogens with zero attached hydrogens (tertiary/aromatic N) is 2. The largest absolute Gasteiger partial charge is 0.483 e. The third kappa shape index (κ3) is 4.51. The third-order valence-corrected chi connectivity index (χ3v) is 10.1. The number of hydrogen-bond acceptors (Lipinski definition) is 2. The Morgan fingerprint density at radius 1 is 0.510 bits per heavy atom. The van der Waals surface area contributed by atoms with E-state index in [1.54, 1.807) is 0 Å². The van der Waals surface area contributed by atoms with Crippen LogP contribution < -0.4 is 9.64 Å². The molecular formula is C46H32N2O. The SMILES string of the molecule is C1=CC2Oc3c(cccc3N(c3ccc(-c4ccc5ccccc5c4)cc3)c3ccc(-n4c5ccccc5c5ccccc54)cc3)C2C=C1. The Morgan fingerprint density at radius 2 is 1.14 bits per heavy atom. The Labute approximate surface area is 285 Å². The van der Waals surface area contributed by atoms with Crippen LogP contribution in [-0.4, -0.2) is 10.7 Å². The monoisotopic (exact) mass is 628 g/mol. The molecule has 49 heavy (non-hydrogen) atoms. The normalized spacial score (nSPS) is 16.2. The second-order valence-electron chi connectivity index (χ2n) is 12.9. The minimum absolute atomic E-state index is 0.0101. The van der Waals surface area contributed by atoms with Crippen molar-refractivity contribution in [2.45, 2.75) is 12.0 Å². The molecule has 0 spiro atoms.